The average molecular weight is 312 g/mol. The molecule has 1 heterocycles. The van der Waals surface area contributed by atoms with E-state index in [-0.39, 0.29) is 4.90 Å². The maximum Gasteiger partial charge on any atom is 0.240 e. The Bertz CT molecular complexity index is 583. The molecule has 1 fully saturated rings. The van der Waals surface area contributed by atoms with Gasteiger partial charge in [0.1, 0.15) is 0 Å². The van der Waals surface area contributed by atoms with E-state index in [9.17, 15) is 8.42 Å². The minimum atomic E-state index is -3.45. The van der Waals surface area contributed by atoms with Gasteiger partial charge in [0.2, 0.25) is 10.0 Å². The molecule has 0 amide bonds. The van der Waals surface area contributed by atoms with Crippen molar-refractivity contribution in [2.45, 2.75) is 30.7 Å². The van der Waals surface area contributed by atoms with E-state index in [1.807, 2.05) is 0 Å². The van der Waals surface area contributed by atoms with Gasteiger partial charge >= 0.3 is 0 Å². The van der Waals surface area contributed by atoms with Crippen molar-refractivity contribution >= 4 is 21.4 Å². The highest BCUT2D eigenvalue weighted by Crippen LogP contribution is 2.23. The summed E-state index contributed by atoms with van der Waals surface area (Å²) in [5.74, 6) is 0. The fraction of sp³-hybridized carbons (Fsp3) is 0.571. The first kappa shape index (κ1) is 16.1. The first-order valence-electron chi connectivity index (χ1n) is 7.25. The number of nitrogens with one attached hydrogen (secondary N) is 2. The summed E-state index contributed by atoms with van der Waals surface area (Å²) in [7, 11) is -2.05. The van der Waals surface area contributed by atoms with Crippen LogP contribution < -0.4 is 15.8 Å². The van der Waals surface area contributed by atoms with Crippen molar-refractivity contribution in [3.63, 3.8) is 0 Å². The number of nitrogens with zero attached hydrogens (tertiary/aromatic N) is 1. The van der Waals surface area contributed by atoms with Crippen molar-refractivity contribution in [3.8, 4) is 0 Å². The molecule has 1 aliphatic heterocycles. The third kappa shape index (κ3) is 3.87. The summed E-state index contributed by atoms with van der Waals surface area (Å²) in [5.41, 5.74) is 7.14. The number of nitrogen functional groups attached to an aromatic ring is 1. The standard InChI is InChI=1S/C14H24N4O2S/c1-11(18-7-3-4-8-18)10-17-14-9-12(5-6-13(14)15)21(19,20)16-2/h5-6,9,11,16-17H,3-4,7-8,10,15H2,1-2H3. The van der Waals surface area contributed by atoms with Crippen LogP contribution in [0.2, 0.25) is 0 Å². The number of hydrogen-bond donors (Lipinski definition) is 3. The Hall–Kier alpha value is -1.31. The van der Waals surface area contributed by atoms with E-state index >= 15 is 0 Å². The monoisotopic (exact) mass is 312 g/mol. The molecule has 1 aromatic carbocycles. The van der Waals surface area contributed by atoms with Crippen LogP contribution >= 0.6 is 0 Å². The lowest BCUT2D eigenvalue weighted by molar-refractivity contribution is 0.269. The summed E-state index contributed by atoms with van der Waals surface area (Å²) in [6.07, 6.45) is 2.50. The molecule has 21 heavy (non-hydrogen) atoms. The second kappa shape index (κ2) is 6.64. The second-order valence-electron chi connectivity index (χ2n) is 5.43. The van der Waals surface area contributed by atoms with Gasteiger partial charge in [0.05, 0.1) is 16.3 Å². The molecule has 0 radical (unpaired) electrons. The fourth-order valence-corrected chi connectivity index (χ4v) is 3.30. The van der Waals surface area contributed by atoms with Gasteiger partial charge in [-0.15, -0.1) is 0 Å². The van der Waals surface area contributed by atoms with Gasteiger partial charge in [0, 0.05) is 12.6 Å². The molecular weight excluding hydrogens is 288 g/mol. The highest BCUT2D eigenvalue weighted by Gasteiger charge is 2.18. The quantitative estimate of drug-likeness (QED) is 0.684. The van der Waals surface area contributed by atoms with E-state index in [4.69, 9.17) is 5.73 Å². The fourth-order valence-electron chi connectivity index (χ4n) is 2.54. The number of sulfonamides is 1. The number of anilines is 2. The van der Waals surface area contributed by atoms with Crippen LogP contribution in [-0.2, 0) is 10.0 Å². The number of hydrogen-bond acceptors (Lipinski definition) is 5. The molecule has 118 valence electrons. The van der Waals surface area contributed by atoms with Crippen molar-refractivity contribution < 1.29 is 8.42 Å². The lowest BCUT2D eigenvalue weighted by Gasteiger charge is -2.24. The minimum Gasteiger partial charge on any atom is -0.397 e. The maximum atomic E-state index is 11.8. The first-order chi connectivity index (χ1) is 9.94. The molecule has 6 nitrogen and oxygen atoms in total. The summed E-state index contributed by atoms with van der Waals surface area (Å²) < 4.78 is 26.0. The topological polar surface area (TPSA) is 87.5 Å². The molecule has 1 atom stereocenters. The van der Waals surface area contributed by atoms with Crippen molar-refractivity contribution in [2.24, 2.45) is 0 Å². The Kier molecular flexibility index (Phi) is 5.08. The Morgan fingerprint density at radius 1 is 1.33 bits per heavy atom. The molecule has 1 aliphatic rings. The van der Waals surface area contributed by atoms with E-state index in [0.717, 1.165) is 19.6 Å². The molecule has 4 N–H and O–H groups in total. The highest BCUT2D eigenvalue weighted by molar-refractivity contribution is 7.89. The number of benzene rings is 1. The van der Waals surface area contributed by atoms with Gasteiger partial charge in [-0.2, -0.15) is 0 Å². The van der Waals surface area contributed by atoms with Gasteiger partial charge in [-0.05, 0) is 58.1 Å². The van der Waals surface area contributed by atoms with Crippen molar-refractivity contribution in [1.82, 2.24) is 9.62 Å². The first-order valence-corrected chi connectivity index (χ1v) is 8.73. The van der Waals surface area contributed by atoms with Gasteiger partial charge in [0.25, 0.3) is 0 Å². The molecule has 0 aromatic heterocycles. The largest absolute Gasteiger partial charge is 0.397 e. The molecule has 1 aromatic rings. The highest BCUT2D eigenvalue weighted by atomic mass is 32.2. The minimum absolute atomic E-state index is 0.218. The lowest BCUT2D eigenvalue weighted by Crippen LogP contribution is -2.35. The summed E-state index contributed by atoms with van der Waals surface area (Å²) in [4.78, 5) is 2.65. The molecule has 0 bridgehead atoms. The number of likely N-dealkylation sites (tertiary alicyclic amines) is 1. The zero-order valence-corrected chi connectivity index (χ0v) is 13.4. The zero-order chi connectivity index (χ0) is 15.5. The van der Waals surface area contributed by atoms with Crippen LogP contribution in [0.4, 0.5) is 11.4 Å². The molecular formula is C14H24N4O2S. The van der Waals surface area contributed by atoms with Crippen molar-refractivity contribution in [1.29, 1.82) is 0 Å². The second-order valence-corrected chi connectivity index (χ2v) is 7.32. The van der Waals surface area contributed by atoms with Crippen molar-refractivity contribution in [3.05, 3.63) is 18.2 Å². The lowest BCUT2D eigenvalue weighted by atomic mass is 10.2. The van der Waals surface area contributed by atoms with Crippen LogP contribution in [0.3, 0.4) is 0 Å². The zero-order valence-electron chi connectivity index (χ0n) is 12.6. The summed E-state index contributed by atoms with van der Waals surface area (Å²) >= 11 is 0. The predicted octanol–water partition coefficient (Wildman–Crippen LogP) is 1.07. The molecule has 1 unspecified atom stereocenters. The van der Waals surface area contributed by atoms with Gasteiger partial charge in [-0.25, -0.2) is 13.1 Å². The Morgan fingerprint density at radius 3 is 2.62 bits per heavy atom. The summed E-state index contributed by atoms with van der Waals surface area (Å²) in [5, 5.41) is 3.27. The van der Waals surface area contributed by atoms with Crippen molar-refractivity contribution in [2.75, 3.05) is 37.7 Å². The van der Waals surface area contributed by atoms with Crippen LogP contribution in [0.15, 0.2) is 23.1 Å². The number of nitrogens with two attached hydrogens (primary N) is 1. The molecule has 0 aliphatic carbocycles. The van der Waals surface area contributed by atoms with Gasteiger partial charge in [-0.1, -0.05) is 0 Å². The van der Waals surface area contributed by atoms with Crippen LogP contribution in [-0.4, -0.2) is 46.0 Å². The Morgan fingerprint density at radius 2 is 2.00 bits per heavy atom. The third-order valence-electron chi connectivity index (χ3n) is 3.96. The van der Waals surface area contributed by atoms with Crippen LogP contribution in [0.5, 0.6) is 0 Å². The van der Waals surface area contributed by atoms with Crippen LogP contribution in [0.25, 0.3) is 0 Å². The van der Waals surface area contributed by atoms with Gasteiger partial charge in [0.15, 0.2) is 0 Å². The SMILES string of the molecule is CNS(=O)(=O)c1ccc(N)c(NCC(C)N2CCCC2)c1. The smallest absolute Gasteiger partial charge is 0.240 e. The normalized spacial score (nSPS) is 17.8. The molecule has 2 rings (SSSR count). The number of rotatable bonds is 6. The maximum absolute atomic E-state index is 11.8. The molecule has 1 saturated heterocycles. The van der Waals surface area contributed by atoms with Crippen LogP contribution in [0.1, 0.15) is 19.8 Å². The van der Waals surface area contributed by atoms with E-state index in [2.05, 4.69) is 21.9 Å². The molecule has 0 saturated carbocycles. The molecule has 7 heteroatoms. The molecule has 0 spiro atoms. The van der Waals surface area contributed by atoms with E-state index in [1.54, 1.807) is 12.1 Å². The van der Waals surface area contributed by atoms with E-state index in [0.29, 0.717) is 17.4 Å². The Balaban J connectivity index is 2.07. The van der Waals surface area contributed by atoms with Crippen LogP contribution in [0, 0.1) is 0 Å². The van der Waals surface area contributed by atoms with Gasteiger partial charge < -0.3 is 11.1 Å². The summed E-state index contributed by atoms with van der Waals surface area (Å²) in [6.45, 7) is 5.18. The Labute approximate surface area is 126 Å². The van der Waals surface area contributed by atoms with E-state index in [1.165, 1.54) is 26.0 Å². The predicted molar refractivity (Wildman–Crippen MR) is 85.9 cm³/mol. The van der Waals surface area contributed by atoms with E-state index < -0.39 is 10.0 Å². The average Bonchev–Trinajstić information content (AvgIpc) is 3.00. The third-order valence-corrected chi connectivity index (χ3v) is 5.37. The summed E-state index contributed by atoms with van der Waals surface area (Å²) in [6, 6.07) is 5.11. The van der Waals surface area contributed by atoms with Gasteiger partial charge in [-0.3, -0.25) is 4.90 Å².